The summed E-state index contributed by atoms with van der Waals surface area (Å²) in [5.41, 5.74) is 2.11. The van der Waals surface area contributed by atoms with Crippen LogP contribution in [0.1, 0.15) is 60.4 Å². The number of amides is 2. The number of rotatable bonds is 11. The van der Waals surface area contributed by atoms with Crippen molar-refractivity contribution < 1.29 is 13.8 Å². The smallest absolute Gasteiger partial charge is 0.259 e. The summed E-state index contributed by atoms with van der Waals surface area (Å²) in [5.74, 6) is 0.685. The van der Waals surface area contributed by atoms with Gasteiger partial charge in [0.05, 0.1) is 38.4 Å². The van der Waals surface area contributed by atoms with E-state index in [1.807, 2.05) is 12.1 Å². The minimum Gasteiger partial charge on any atom is -0.352 e. The molecule has 40 heavy (non-hydrogen) atoms. The molecule has 3 aromatic carbocycles. The molecule has 1 aliphatic rings. The van der Waals surface area contributed by atoms with E-state index in [0.29, 0.717) is 50.0 Å². The lowest BCUT2D eigenvalue weighted by atomic mass is 10.1. The number of carbonyl (C=O) groups excluding carboxylic acids is 2. The van der Waals surface area contributed by atoms with Crippen LogP contribution in [0.5, 0.6) is 0 Å². The maximum atomic E-state index is 13.8. The SMILES string of the molecule is CC(C)CN(CCCNC(=O)c1ccc2c(c1)N(Cc1cccc(Cl)c1)C(=O)c1ccccc1S2=O)CC(C)C. The van der Waals surface area contributed by atoms with E-state index in [9.17, 15) is 13.8 Å². The molecule has 1 aliphatic heterocycles. The highest BCUT2D eigenvalue weighted by Gasteiger charge is 2.31. The fourth-order valence-electron chi connectivity index (χ4n) is 5.08. The molecule has 0 spiro atoms. The van der Waals surface area contributed by atoms with Crippen LogP contribution in [0, 0.1) is 11.8 Å². The highest BCUT2D eigenvalue weighted by molar-refractivity contribution is 7.85. The molecule has 0 fully saturated rings. The number of benzene rings is 3. The highest BCUT2D eigenvalue weighted by Crippen LogP contribution is 2.36. The zero-order valence-corrected chi connectivity index (χ0v) is 25.2. The predicted molar refractivity (Wildman–Crippen MR) is 163 cm³/mol. The summed E-state index contributed by atoms with van der Waals surface area (Å²) in [6.07, 6.45) is 0.842. The summed E-state index contributed by atoms with van der Waals surface area (Å²) in [4.78, 5) is 32.0. The maximum Gasteiger partial charge on any atom is 0.259 e. The third-order valence-corrected chi connectivity index (χ3v) is 8.42. The van der Waals surface area contributed by atoms with Crippen LogP contribution < -0.4 is 10.2 Å². The third-order valence-electron chi connectivity index (χ3n) is 6.69. The van der Waals surface area contributed by atoms with E-state index < -0.39 is 10.8 Å². The van der Waals surface area contributed by atoms with Crippen molar-refractivity contribution in [1.29, 1.82) is 0 Å². The summed E-state index contributed by atoms with van der Waals surface area (Å²) in [5, 5.41) is 3.60. The Hall–Kier alpha value is -3.00. The number of halogens is 1. The second kappa shape index (κ2) is 13.6. The van der Waals surface area contributed by atoms with Gasteiger partial charge in [-0.3, -0.25) is 9.59 Å². The third kappa shape index (κ3) is 7.39. The Balaban J connectivity index is 1.56. The zero-order chi connectivity index (χ0) is 28.8. The van der Waals surface area contributed by atoms with Crippen molar-refractivity contribution in [3.05, 3.63) is 88.4 Å². The Morgan fingerprint density at radius 3 is 2.38 bits per heavy atom. The van der Waals surface area contributed by atoms with Crippen LogP contribution in [0.25, 0.3) is 0 Å². The lowest BCUT2D eigenvalue weighted by Gasteiger charge is -2.26. The Kier molecular flexibility index (Phi) is 10.2. The van der Waals surface area contributed by atoms with Gasteiger partial charge in [-0.1, -0.05) is 63.6 Å². The number of anilines is 1. The van der Waals surface area contributed by atoms with Crippen molar-refractivity contribution >= 4 is 39.9 Å². The quantitative estimate of drug-likeness (QED) is 0.267. The van der Waals surface area contributed by atoms with Crippen molar-refractivity contribution in [3.8, 4) is 0 Å². The van der Waals surface area contributed by atoms with Gasteiger partial charge in [-0.05, 0) is 72.8 Å². The van der Waals surface area contributed by atoms with Gasteiger partial charge in [-0.15, -0.1) is 0 Å². The Labute approximate surface area is 245 Å². The fraction of sp³-hybridized carbons (Fsp3) is 0.375. The largest absolute Gasteiger partial charge is 0.352 e. The number of nitrogens with zero attached hydrogens (tertiary/aromatic N) is 2. The topological polar surface area (TPSA) is 69.7 Å². The number of nitrogens with one attached hydrogen (secondary N) is 1. The Bertz CT molecular complexity index is 1380. The van der Waals surface area contributed by atoms with Gasteiger partial charge in [0, 0.05) is 30.2 Å². The van der Waals surface area contributed by atoms with Crippen LogP contribution in [0.4, 0.5) is 5.69 Å². The van der Waals surface area contributed by atoms with E-state index >= 15 is 0 Å². The molecule has 0 saturated carbocycles. The van der Waals surface area contributed by atoms with Gasteiger partial charge >= 0.3 is 0 Å². The van der Waals surface area contributed by atoms with Gasteiger partial charge in [0.15, 0.2) is 0 Å². The molecule has 3 aromatic rings. The molecule has 0 saturated heterocycles. The lowest BCUT2D eigenvalue weighted by Crippen LogP contribution is -2.34. The fourth-order valence-corrected chi connectivity index (χ4v) is 6.63. The summed E-state index contributed by atoms with van der Waals surface area (Å²) < 4.78 is 13.6. The van der Waals surface area contributed by atoms with Gasteiger partial charge in [-0.25, -0.2) is 4.21 Å². The molecule has 1 atom stereocenters. The highest BCUT2D eigenvalue weighted by atomic mass is 35.5. The average Bonchev–Trinajstić information content (AvgIpc) is 2.99. The first-order chi connectivity index (χ1) is 19.1. The number of hydrogen-bond donors (Lipinski definition) is 1. The molecule has 1 unspecified atom stereocenters. The molecule has 0 aliphatic carbocycles. The predicted octanol–water partition coefficient (Wildman–Crippen LogP) is 6.40. The van der Waals surface area contributed by atoms with Crippen LogP contribution in [-0.2, 0) is 17.3 Å². The van der Waals surface area contributed by atoms with E-state index in [-0.39, 0.29) is 18.4 Å². The summed E-state index contributed by atoms with van der Waals surface area (Å²) >= 11 is 6.22. The summed E-state index contributed by atoms with van der Waals surface area (Å²) in [6.45, 7) is 12.6. The zero-order valence-electron chi connectivity index (χ0n) is 23.7. The first-order valence-electron chi connectivity index (χ1n) is 13.9. The molecule has 0 radical (unpaired) electrons. The van der Waals surface area contributed by atoms with Crippen LogP contribution in [0.15, 0.2) is 76.5 Å². The molecule has 212 valence electrons. The molecule has 4 rings (SSSR count). The van der Waals surface area contributed by atoms with Gasteiger partial charge < -0.3 is 15.1 Å². The molecule has 2 amide bonds. The first kappa shape index (κ1) is 30.0. The molecule has 1 N–H and O–H groups in total. The van der Waals surface area contributed by atoms with E-state index in [0.717, 1.165) is 31.6 Å². The van der Waals surface area contributed by atoms with Crippen molar-refractivity contribution in [1.82, 2.24) is 10.2 Å². The number of hydrogen-bond acceptors (Lipinski definition) is 4. The number of carbonyl (C=O) groups is 2. The summed E-state index contributed by atoms with van der Waals surface area (Å²) in [6, 6.07) is 19.3. The minimum atomic E-state index is -1.58. The lowest BCUT2D eigenvalue weighted by molar-refractivity contribution is 0.0947. The molecule has 0 bridgehead atoms. The van der Waals surface area contributed by atoms with Gasteiger partial charge in [-0.2, -0.15) is 0 Å². The monoisotopic (exact) mass is 579 g/mol. The van der Waals surface area contributed by atoms with E-state index in [4.69, 9.17) is 11.6 Å². The van der Waals surface area contributed by atoms with Gasteiger partial charge in [0.1, 0.15) is 0 Å². The van der Waals surface area contributed by atoms with E-state index in [2.05, 4.69) is 37.9 Å². The van der Waals surface area contributed by atoms with Crippen LogP contribution in [0.2, 0.25) is 5.02 Å². The Morgan fingerprint density at radius 1 is 0.950 bits per heavy atom. The van der Waals surface area contributed by atoms with Crippen molar-refractivity contribution in [2.45, 2.75) is 50.5 Å². The molecule has 8 heteroatoms. The van der Waals surface area contributed by atoms with Crippen molar-refractivity contribution in [2.75, 3.05) is 31.1 Å². The minimum absolute atomic E-state index is 0.218. The Morgan fingerprint density at radius 2 is 1.68 bits per heavy atom. The van der Waals surface area contributed by atoms with Crippen LogP contribution in [0.3, 0.4) is 0 Å². The second-order valence-corrected chi connectivity index (χ2v) is 13.0. The molecular formula is C32H38ClN3O3S. The standard InChI is InChI=1S/C32H38ClN3O3S/c1-22(2)19-35(20-23(3)4)16-8-15-34-31(37)25-13-14-30-28(18-25)36(21-24-9-7-10-26(33)17-24)32(38)27-11-5-6-12-29(27)40(30)39/h5-7,9-14,17-18,22-23H,8,15-16,19-21H2,1-4H3,(H,34,37). The van der Waals surface area contributed by atoms with Gasteiger partial charge in [0.2, 0.25) is 0 Å². The van der Waals surface area contributed by atoms with Crippen molar-refractivity contribution in [3.63, 3.8) is 0 Å². The molecular weight excluding hydrogens is 542 g/mol. The second-order valence-electron chi connectivity index (χ2n) is 11.1. The number of fused-ring (bicyclic) bond motifs is 2. The van der Waals surface area contributed by atoms with E-state index in [1.54, 1.807) is 59.5 Å². The average molecular weight is 580 g/mol. The molecule has 6 nitrogen and oxygen atoms in total. The van der Waals surface area contributed by atoms with Crippen LogP contribution in [-0.4, -0.2) is 47.1 Å². The maximum absolute atomic E-state index is 13.8. The summed E-state index contributed by atoms with van der Waals surface area (Å²) in [7, 11) is -1.58. The first-order valence-corrected chi connectivity index (χ1v) is 15.4. The normalized spacial score (nSPS) is 14.8. The molecule has 1 heterocycles. The molecule has 0 aromatic heterocycles. The van der Waals surface area contributed by atoms with Crippen LogP contribution >= 0.6 is 11.6 Å². The van der Waals surface area contributed by atoms with Gasteiger partial charge in [0.25, 0.3) is 11.8 Å². The van der Waals surface area contributed by atoms with Crippen molar-refractivity contribution in [2.24, 2.45) is 11.8 Å². The van der Waals surface area contributed by atoms with E-state index in [1.165, 1.54) is 0 Å².